The Morgan fingerprint density at radius 3 is 2.45 bits per heavy atom. The van der Waals surface area contributed by atoms with E-state index in [1.165, 1.54) is 12.1 Å². The number of thioether (sulfide) groups is 1. The van der Waals surface area contributed by atoms with Crippen LogP contribution in [0.4, 0.5) is 9.18 Å². The van der Waals surface area contributed by atoms with Gasteiger partial charge in [0.2, 0.25) is 5.91 Å². The third-order valence-corrected chi connectivity index (χ3v) is 5.02. The molecule has 9 heteroatoms. The third kappa shape index (κ3) is 5.00. The molecule has 150 valence electrons. The van der Waals surface area contributed by atoms with Crippen LogP contribution >= 0.6 is 11.8 Å². The Hall–Kier alpha value is -3.20. The van der Waals surface area contributed by atoms with E-state index in [0.717, 1.165) is 17.3 Å². The molecule has 0 fully saturated rings. The van der Waals surface area contributed by atoms with Crippen LogP contribution in [0.5, 0.6) is 0 Å². The van der Waals surface area contributed by atoms with Gasteiger partial charge < -0.3 is 5.32 Å². The number of imide groups is 1. The lowest BCUT2D eigenvalue weighted by atomic mass is 10.2. The summed E-state index contributed by atoms with van der Waals surface area (Å²) in [5.74, 6) is -0.237. The lowest BCUT2D eigenvalue weighted by Gasteiger charge is -2.13. The number of rotatable bonds is 6. The number of halogens is 1. The zero-order valence-corrected chi connectivity index (χ0v) is 16.7. The molecule has 0 spiro atoms. The molecule has 0 radical (unpaired) electrons. The molecule has 3 amide bonds. The van der Waals surface area contributed by atoms with Crippen LogP contribution in [0.3, 0.4) is 0 Å². The van der Waals surface area contributed by atoms with Crippen molar-refractivity contribution < 1.29 is 14.0 Å². The summed E-state index contributed by atoms with van der Waals surface area (Å²) in [6, 6.07) is 14.8. The molecule has 1 atom stereocenters. The molecule has 0 aliphatic heterocycles. The standard InChI is InChI=1S/C20H20FN5O2S/c1-3-22-19(28)23-18(27)13(2)29-20-25-24-17(14-7-5-4-6-8-14)26(20)16-11-9-15(21)10-12-16/h4-13H,3H2,1-2H3,(H2,22,23,27,28). The normalized spacial score (nSPS) is 11.7. The summed E-state index contributed by atoms with van der Waals surface area (Å²) in [6.07, 6.45) is 0. The van der Waals surface area contributed by atoms with Crippen LogP contribution in [0, 0.1) is 5.82 Å². The highest BCUT2D eigenvalue weighted by atomic mass is 32.2. The van der Waals surface area contributed by atoms with Gasteiger partial charge in [0, 0.05) is 17.8 Å². The number of carbonyl (C=O) groups is 2. The predicted octanol–water partition coefficient (Wildman–Crippen LogP) is 3.40. The molecule has 3 rings (SSSR count). The second-order valence-electron chi connectivity index (χ2n) is 6.09. The number of hydrogen-bond acceptors (Lipinski definition) is 5. The molecular formula is C20H20FN5O2S. The molecule has 29 heavy (non-hydrogen) atoms. The van der Waals surface area contributed by atoms with Crippen molar-refractivity contribution >= 4 is 23.7 Å². The van der Waals surface area contributed by atoms with Gasteiger partial charge in [0.15, 0.2) is 11.0 Å². The zero-order chi connectivity index (χ0) is 20.8. The first kappa shape index (κ1) is 20.5. The summed E-state index contributed by atoms with van der Waals surface area (Å²) in [7, 11) is 0. The Kier molecular flexibility index (Phi) is 6.61. The van der Waals surface area contributed by atoms with E-state index in [1.807, 2.05) is 30.3 Å². The van der Waals surface area contributed by atoms with E-state index in [4.69, 9.17) is 0 Å². The predicted molar refractivity (Wildman–Crippen MR) is 109 cm³/mol. The summed E-state index contributed by atoms with van der Waals surface area (Å²) in [4.78, 5) is 23.9. The van der Waals surface area contributed by atoms with Crippen LogP contribution in [-0.4, -0.2) is 38.5 Å². The molecule has 1 unspecified atom stereocenters. The van der Waals surface area contributed by atoms with Crippen molar-refractivity contribution in [2.24, 2.45) is 0 Å². The SMILES string of the molecule is CCNC(=O)NC(=O)C(C)Sc1nnc(-c2ccccc2)n1-c1ccc(F)cc1. The Labute approximate surface area is 171 Å². The summed E-state index contributed by atoms with van der Waals surface area (Å²) in [5.41, 5.74) is 1.49. The molecule has 1 heterocycles. The van der Waals surface area contributed by atoms with Crippen LogP contribution in [0.25, 0.3) is 17.1 Å². The highest BCUT2D eigenvalue weighted by molar-refractivity contribution is 8.00. The Morgan fingerprint density at radius 2 is 1.79 bits per heavy atom. The summed E-state index contributed by atoms with van der Waals surface area (Å²) >= 11 is 1.16. The lowest BCUT2D eigenvalue weighted by Crippen LogP contribution is -2.42. The Morgan fingerprint density at radius 1 is 1.10 bits per heavy atom. The highest BCUT2D eigenvalue weighted by Gasteiger charge is 2.23. The van der Waals surface area contributed by atoms with Crippen LogP contribution in [0.1, 0.15) is 13.8 Å². The van der Waals surface area contributed by atoms with Gasteiger partial charge in [-0.25, -0.2) is 9.18 Å². The van der Waals surface area contributed by atoms with Crippen LogP contribution in [-0.2, 0) is 4.79 Å². The van der Waals surface area contributed by atoms with Gasteiger partial charge in [-0.05, 0) is 38.1 Å². The van der Waals surface area contributed by atoms with Crippen molar-refractivity contribution in [1.29, 1.82) is 0 Å². The molecular weight excluding hydrogens is 393 g/mol. The van der Waals surface area contributed by atoms with E-state index in [9.17, 15) is 14.0 Å². The summed E-state index contributed by atoms with van der Waals surface area (Å²) < 4.78 is 15.2. The number of aromatic nitrogens is 3. The maximum Gasteiger partial charge on any atom is 0.321 e. The first-order valence-electron chi connectivity index (χ1n) is 9.01. The molecule has 0 bridgehead atoms. The minimum Gasteiger partial charge on any atom is -0.338 e. The minimum atomic E-state index is -0.607. The van der Waals surface area contributed by atoms with Gasteiger partial charge in [-0.3, -0.25) is 14.7 Å². The fraction of sp³-hybridized carbons (Fsp3) is 0.200. The summed E-state index contributed by atoms with van der Waals surface area (Å²) in [5, 5.41) is 13.2. The number of urea groups is 1. The maximum absolute atomic E-state index is 13.4. The first-order valence-corrected chi connectivity index (χ1v) is 9.89. The van der Waals surface area contributed by atoms with E-state index in [2.05, 4.69) is 20.8 Å². The maximum atomic E-state index is 13.4. The molecule has 7 nitrogen and oxygen atoms in total. The van der Waals surface area contributed by atoms with Crippen LogP contribution in [0.2, 0.25) is 0 Å². The fourth-order valence-corrected chi connectivity index (χ4v) is 3.44. The molecule has 2 aromatic carbocycles. The molecule has 3 aromatic rings. The van der Waals surface area contributed by atoms with Crippen LogP contribution in [0.15, 0.2) is 59.8 Å². The van der Waals surface area contributed by atoms with E-state index >= 15 is 0 Å². The number of nitrogens with zero attached hydrogens (tertiary/aromatic N) is 3. The summed E-state index contributed by atoms with van der Waals surface area (Å²) in [6.45, 7) is 3.85. The number of nitrogens with one attached hydrogen (secondary N) is 2. The third-order valence-electron chi connectivity index (χ3n) is 3.98. The average Bonchev–Trinajstić information content (AvgIpc) is 3.13. The number of carbonyl (C=O) groups excluding carboxylic acids is 2. The van der Waals surface area contributed by atoms with Gasteiger partial charge in [0.05, 0.1) is 5.25 Å². The topological polar surface area (TPSA) is 88.9 Å². The monoisotopic (exact) mass is 413 g/mol. The fourth-order valence-electron chi connectivity index (χ4n) is 2.57. The minimum absolute atomic E-state index is 0.355. The van der Waals surface area contributed by atoms with Gasteiger partial charge in [-0.15, -0.1) is 10.2 Å². The van der Waals surface area contributed by atoms with Gasteiger partial charge in [-0.2, -0.15) is 0 Å². The average molecular weight is 413 g/mol. The van der Waals surface area contributed by atoms with Gasteiger partial charge in [0.1, 0.15) is 5.82 Å². The number of hydrogen-bond donors (Lipinski definition) is 2. The lowest BCUT2D eigenvalue weighted by molar-refractivity contribution is -0.119. The molecule has 0 saturated heterocycles. The number of benzene rings is 2. The van der Waals surface area contributed by atoms with Crippen molar-refractivity contribution in [3.8, 4) is 17.1 Å². The first-order chi connectivity index (χ1) is 14.0. The van der Waals surface area contributed by atoms with E-state index in [0.29, 0.717) is 23.2 Å². The Bertz CT molecular complexity index is 992. The van der Waals surface area contributed by atoms with Crippen molar-refractivity contribution in [3.63, 3.8) is 0 Å². The molecule has 0 aliphatic rings. The van der Waals surface area contributed by atoms with E-state index < -0.39 is 17.2 Å². The molecule has 1 aromatic heterocycles. The van der Waals surface area contributed by atoms with Crippen molar-refractivity contribution in [2.75, 3.05) is 6.54 Å². The van der Waals surface area contributed by atoms with Gasteiger partial charge in [-0.1, -0.05) is 42.1 Å². The zero-order valence-electron chi connectivity index (χ0n) is 15.9. The van der Waals surface area contributed by atoms with E-state index in [1.54, 1.807) is 30.5 Å². The molecule has 0 aliphatic carbocycles. The molecule has 0 saturated carbocycles. The quantitative estimate of drug-likeness (QED) is 0.605. The second-order valence-corrected chi connectivity index (χ2v) is 7.40. The molecule has 2 N–H and O–H groups in total. The van der Waals surface area contributed by atoms with Gasteiger partial charge in [0.25, 0.3) is 0 Å². The van der Waals surface area contributed by atoms with Crippen molar-refractivity contribution in [1.82, 2.24) is 25.4 Å². The van der Waals surface area contributed by atoms with Crippen LogP contribution < -0.4 is 10.6 Å². The second kappa shape index (κ2) is 9.33. The van der Waals surface area contributed by atoms with Gasteiger partial charge >= 0.3 is 6.03 Å². The number of amides is 3. The van der Waals surface area contributed by atoms with E-state index in [-0.39, 0.29) is 5.82 Å². The largest absolute Gasteiger partial charge is 0.338 e. The van der Waals surface area contributed by atoms with Crippen molar-refractivity contribution in [3.05, 3.63) is 60.4 Å². The Balaban J connectivity index is 1.92. The highest BCUT2D eigenvalue weighted by Crippen LogP contribution is 2.30. The smallest absolute Gasteiger partial charge is 0.321 e. The van der Waals surface area contributed by atoms with Crippen molar-refractivity contribution in [2.45, 2.75) is 24.3 Å².